The van der Waals surface area contributed by atoms with E-state index in [2.05, 4.69) is 25.9 Å². The van der Waals surface area contributed by atoms with Crippen LogP contribution < -0.4 is 15.4 Å². The summed E-state index contributed by atoms with van der Waals surface area (Å²) in [7, 11) is 0. The second-order valence-electron chi connectivity index (χ2n) is 10.6. The van der Waals surface area contributed by atoms with Gasteiger partial charge in [-0.3, -0.25) is 14.4 Å². The van der Waals surface area contributed by atoms with Crippen molar-refractivity contribution < 1.29 is 33.1 Å². The summed E-state index contributed by atoms with van der Waals surface area (Å²) in [6, 6.07) is 13.3. The van der Waals surface area contributed by atoms with Gasteiger partial charge in [0.1, 0.15) is 54.4 Å². The number of nitrogens with one attached hydrogen (secondary N) is 2. The number of nitrogens with zero attached hydrogens (tertiary/aromatic N) is 5. The number of aliphatic hydroxyl groups excluding tert-OH is 1. The second kappa shape index (κ2) is 15.4. The molecule has 0 fully saturated rings. The van der Waals surface area contributed by atoms with Crippen LogP contribution in [0.2, 0.25) is 0 Å². The van der Waals surface area contributed by atoms with Gasteiger partial charge in [-0.05, 0) is 56.2 Å². The lowest BCUT2D eigenvalue weighted by molar-refractivity contribution is -0.132. The van der Waals surface area contributed by atoms with E-state index in [4.69, 9.17) is 9.26 Å². The Balaban J connectivity index is 1.51. The predicted molar refractivity (Wildman–Crippen MR) is 162 cm³/mol. The highest BCUT2D eigenvalue weighted by Crippen LogP contribution is 2.20. The number of hydrogen-bond acceptors (Lipinski definition) is 10. The number of aliphatic hydroxyl groups is 1. The maximum atomic E-state index is 14.4. The molecule has 2 amide bonds. The molecule has 4 aromatic rings. The first kappa shape index (κ1) is 33.2. The highest BCUT2D eigenvalue weighted by atomic mass is 19.1. The number of rotatable bonds is 14. The Kier molecular flexibility index (Phi) is 11.1. The second-order valence-corrected chi connectivity index (χ2v) is 10.6. The summed E-state index contributed by atoms with van der Waals surface area (Å²) < 4.78 is 26.6. The average Bonchev–Trinajstić information content (AvgIpc) is 3.72. The first-order valence-corrected chi connectivity index (χ1v) is 14.2. The normalized spacial score (nSPS) is 13.3. The lowest BCUT2D eigenvalue weighted by Crippen LogP contribution is -2.49. The Morgan fingerprint density at radius 3 is 2.65 bits per heavy atom. The SMILES string of the molecule is Cc1ccc(CNC(=O)[C@H](COc2cccc(C=C(C#N)n3cncn3)c2)CC(=O)[C@@H](NC(=O)c2cc(C)on2)[C@@H](C)O)c(F)c1. The molecule has 0 radical (unpaired) electrons. The molecule has 0 aliphatic rings. The first-order valence-electron chi connectivity index (χ1n) is 14.2. The van der Waals surface area contributed by atoms with Crippen LogP contribution >= 0.6 is 0 Å². The highest BCUT2D eigenvalue weighted by Gasteiger charge is 2.32. The van der Waals surface area contributed by atoms with E-state index >= 15 is 0 Å². The standard InChI is InChI=1S/C32H32FN7O6/c1-19-7-8-23(27(33)9-19)15-36-31(43)24(13-29(42)30(21(3)41)38-32(44)28-10-20(2)46-39-28)16-45-26-6-4-5-22(12-26)11-25(14-34)40-18-35-17-37-40/h4-12,17-18,21,24,30,41H,13,15-16H2,1-3H3,(H,36,43)(H,38,44)/t21-,24+,30+/m1/s1. The molecule has 14 heteroatoms. The van der Waals surface area contributed by atoms with E-state index in [0.29, 0.717) is 17.1 Å². The summed E-state index contributed by atoms with van der Waals surface area (Å²) in [6.07, 6.45) is 2.51. The van der Waals surface area contributed by atoms with Crippen molar-refractivity contribution >= 4 is 29.4 Å². The van der Waals surface area contributed by atoms with Gasteiger partial charge in [-0.25, -0.2) is 14.1 Å². The van der Waals surface area contributed by atoms with Crippen LogP contribution in [0.25, 0.3) is 11.8 Å². The minimum absolute atomic E-state index is 0.0778. The Labute approximate surface area is 263 Å². The Morgan fingerprint density at radius 2 is 2.00 bits per heavy atom. The van der Waals surface area contributed by atoms with Crippen LogP contribution in [0.4, 0.5) is 4.39 Å². The lowest BCUT2D eigenvalue weighted by atomic mass is 9.95. The van der Waals surface area contributed by atoms with Crippen molar-refractivity contribution in [3.8, 4) is 11.8 Å². The highest BCUT2D eigenvalue weighted by molar-refractivity contribution is 5.97. The Bertz CT molecular complexity index is 1760. The van der Waals surface area contributed by atoms with Crippen LogP contribution in [-0.2, 0) is 16.1 Å². The molecule has 238 valence electrons. The van der Waals surface area contributed by atoms with Crippen LogP contribution in [0.3, 0.4) is 0 Å². The zero-order valence-electron chi connectivity index (χ0n) is 25.3. The molecular formula is C32H32FN7O6. The maximum Gasteiger partial charge on any atom is 0.274 e. The van der Waals surface area contributed by atoms with Gasteiger partial charge in [-0.15, -0.1) is 0 Å². The summed E-state index contributed by atoms with van der Waals surface area (Å²) in [5.74, 6) is -2.86. The van der Waals surface area contributed by atoms with E-state index < -0.39 is 47.9 Å². The summed E-state index contributed by atoms with van der Waals surface area (Å²) >= 11 is 0. The van der Waals surface area contributed by atoms with Crippen molar-refractivity contribution in [1.29, 1.82) is 5.26 Å². The van der Waals surface area contributed by atoms with Crippen molar-refractivity contribution in [2.45, 2.75) is 45.9 Å². The first-order chi connectivity index (χ1) is 22.0. The molecule has 2 aromatic carbocycles. The lowest BCUT2D eigenvalue weighted by Gasteiger charge is -2.23. The summed E-state index contributed by atoms with van der Waals surface area (Å²) in [4.78, 5) is 43.3. The molecule has 2 heterocycles. The molecule has 3 atom stereocenters. The van der Waals surface area contributed by atoms with E-state index in [0.717, 1.165) is 5.56 Å². The molecular weight excluding hydrogens is 597 g/mol. The number of hydrogen-bond donors (Lipinski definition) is 3. The summed E-state index contributed by atoms with van der Waals surface area (Å²) in [5.41, 5.74) is 1.69. The van der Waals surface area contributed by atoms with Gasteiger partial charge in [-0.1, -0.05) is 29.4 Å². The van der Waals surface area contributed by atoms with Gasteiger partial charge in [-0.2, -0.15) is 10.4 Å². The molecule has 2 aromatic heterocycles. The zero-order valence-corrected chi connectivity index (χ0v) is 25.3. The van der Waals surface area contributed by atoms with Gasteiger partial charge in [0.05, 0.1) is 12.0 Å². The van der Waals surface area contributed by atoms with Crippen molar-refractivity contribution in [2.24, 2.45) is 5.92 Å². The van der Waals surface area contributed by atoms with E-state index in [-0.39, 0.29) is 30.1 Å². The number of ether oxygens (including phenoxy) is 1. The fourth-order valence-electron chi connectivity index (χ4n) is 4.41. The van der Waals surface area contributed by atoms with E-state index in [1.807, 2.05) is 6.07 Å². The number of carbonyl (C=O) groups is 3. The summed E-state index contributed by atoms with van der Waals surface area (Å²) in [6.45, 7) is 4.25. The number of Topliss-reactive ketones (excluding diaryl/α,β-unsaturated/α-hetero) is 1. The van der Waals surface area contributed by atoms with Crippen LogP contribution in [0.15, 0.2) is 65.7 Å². The van der Waals surface area contributed by atoms with Crippen molar-refractivity contribution in [3.63, 3.8) is 0 Å². The van der Waals surface area contributed by atoms with Crippen LogP contribution in [0, 0.1) is 36.9 Å². The van der Waals surface area contributed by atoms with Crippen LogP contribution in [0.5, 0.6) is 5.75 Å². The molecule has 4 rings (SSSR count). The van der Waals surface area contributed by atoms with Gasteiger partial charge in [0, 0.05) is 24.6 Å². The topological polar surface area (TPSA) is 185 Å². The number of aromatic nitrogens is 4. The summed E-state index contributed by atoms with van der Waals surface area (Å²) in [5, 5.41) is 32.6. The predicted octanol–water partition coefficient (Wildman–Crippen LogP) is 2.99. The number of amides is 2. The molecule has 0 saturated heterocycles. The molecule has 0 saturated carbocycles. The average molecular weight is 630 g/mol. The largest absolute Gasteiger partial charge is 0.493 e. The van der Waals surface area contributed by atoms with Crippen molar-refractivity contribution in [1.82, 2.24) is 30.6 Å². The van der Waals surface area contributed by atoms with E-state index in [9.17, 15) is 29.1 Å². The van der Waals surface area contributed by atoms with Gasteiger partial charge >= 0.3 is 0 Å². The van der Waals surface area contributed by atoms with E-state index in [1.54, 1.807) is 56.3 Å². The number of halogens is 1. The minimum atomic E-state index is -1.37. The smallest absolute Gasteiger partial charge is 0.274 e. The number of benzene rings is 2. The Hall–Kier alpha value is -5.68. The Morgan fingerprint density at radius 1 is 1.20 bits per heavy atom. The molecule has 0 unspecified atom stereocenters. The van der Waals surface area contributed by atoms with Crippen molar-refractivity contribution in [2.75, 3.05) is 6.61 Å². The van der Waals surface area contributed by atoms with Gasteiger partial charge < -0.3 is 25.0 Å². The molecule has 0 aliphatic heterocycles. The van der Waals surface area contributed by atoms with Crippen LogP contribution in [0.1, 0.15) is 46.3 Å². The number of carbonyl (C=O) groups excluding carboxylic acids is 3. The van der Waals surface area contributed by atoms with Gasteiger partial charge in [0.2, 0.25) is 5.91 Å². The maximum absolute atomic E-state index is 14.4. The van der Waals surface area contributed by atoms with Crippen LogP contribution in [-0.4, -0.2) is 61.4 Å². The van der Waals surface area contributed by atoms with Gasteiger partial charge in [0.15, 0.2) is 11.5 Å². The third-order valence-electron chi connectivity index (χ3n) is 6.85. The third kappa shape index (κ3) is 8.93. The van der Waals surface area contributed by atoms with Crippen molar-refractivity contribution in [3.05, 3.63) is 95.1 Å². The quantitative estimate of drug-likeness (QED) is 0.175. The third-order valence-corrected chi connectivity index (χ3v) is 6.85. The minimum Gasteiger partial charge on any atom is -0.493 e. The molecule has 13 nitrogen and oxygen atoms in total. The van der Waals surface area contributed by atoms with Gasteiger partial charge in [0.25, 0.3) is 5.91 Å². The number of allylic oxidation sites excluding steroid dienone is 1. The molecule has 0 spiro atoms. The number of ketones is 1. The molecule has 0 aliphatic carbocycles. The fraction of sp³-hybridized carbons (Fsp3) is 0.281. The fourth-order valence-corrected chi connectivity index (χ4v) is 4.41. The van der Waals surface area contributed by atoms with E-state index in [1.165, 1.54) is 36.4 Å². The molecule has 3 N–H and O–H groups in total. The monoisotopic (exact) mass is 629 g/mol. The zero-order chi connectivity index (χ0) is 33.2. The number of nitriles is 1. The molecule has 0 bridgehead atoms. The molecule has 46 heavy (non-hydrogen) atoms. The number of aryl methyl sites for hydroxylation is 2.